The predicted octanol–water partition coefficient (Wildman–Crippen LogP) is 1.66. The molecule has 0 aromatic carbocycles. The summed E-state index contributed by atoms with van der Waals surface area (Å²) in [5.41, 5.74) is 5.77. The molecule has 2 N–H and O–H groups in total. The summed E-state index contributed by atoms with van der Waals surface area (Å²) in [7, 11) is 0. The summed E-state index contributed by atoms with van der Waals surface area (Å²) in [6, 6.07) is 2.44. The van der Waals surface area contributed by atoms with Crippen molar-refractivity contribution in [3.8, 4) is 6.07 Å². The minimum Gasteiger partial charge on any atom is -0.326 e. The average molecular weight is 152 g/mol. The lowest BCUT2D eigenvalue weighted by atomic mass is 9.91. The molecular formula is C9H16N2. The molecule has 11 heavy (non-hydrogen) atoms. The first-order valence-electron chi connectivity index (χ1n) is 4.27. The molecule has 0 heterocycles. The van der Waals surface area contributed by atoms with Crippen LogP contribution in [0.1, 0.15) is 33.1 Å². The zero-order valence-electron chi connectivity index (χ0n) is 7.30. The van der Waals surface area contributed by atoms with E-state index in [0.717, 1.165) is 19.3 Å². The lowest BCUT2D eigenvalue weighted by Crippen LogP contribution is -2.31. The van der Waals surface area contributed by atoms with Crippen molar-refractivity contribution in [2.45, 2.75) is 39.2 Å². The van der Waals surface area contributed by atoms with E-state index in [-0.39, 0.29) is 11.5 Å². The number of nitrogens with zero attached hydrogens (tertiary/aromatic N) is 1. The molecule has 1 saturated carbocycles. The molecule has 1 atom stereocenters. The van der Waals surface area contributed by atoms with E-state index in [2.05, 4.69) is 19.9 Å². The Morgan fingerprint density at radius 3 is 2.36 bits per heavy atom. The van der Waals surface area contributed by atoms with E-state index in [4.69, 9.17) is 11.0 Å². The van der Waals surface area contributed by atoms with Crippen molar-refractivity contribution >= 4 is 0 Å². The van der Waals surface area contributed by atoms with Gasteiger partial charge in [0.15, 0.2) is 0 Å². The molecular weight excluding hydrogens is 136 g/mol. The topological polar surface area (TPSA) is 49.8 Å². The summed E-state index contributed by atoms with van der Waals surface area (Å²) < 4.78 is 0. The maximum Gasteiger partial charge on any atom is 0.0725 e. The van der Waals surface area contributed by atoms with Crippen LogP contribution in [-0.2, 0) is 0 Å². The highest BCUT2D eigenvalue weighted by Gasteiger charge is 2.48. The van der Waals surface area contributed by atoms with Gasteiger partial charge in [-0.05, 0) is 25.2 Å². The van der Waals surface area contributed by atoms with Crippen LogP contribution in [0.4, 0.5) is 0 Å². The van der Waals surface area contributed by atoms with Crippen LogP contribution in [0.3, 0.4) is 0 Å². The van der Waals surface area contributed by atoms with Crippen molar-refractivity contribution in [3.63, 3.8) is 0 Å². The van der Waals surface area contributed by atoms with E-state index in [0.29, 0.717) is 5.92 Å². The molecule has 0 aromatic rings. The van der Waals surface area contributed by atoms with Gasteiger partial charge in [0.25, 0.3) is 0 Å². The molecule has 2 nitrogen and oxygen atoms in total. The summed E-state index contributed by atoms with van der Waals surface area (Å²) in [6.07, 6.45) is 3.00. The van der Waals surface area contributed by atoms with Gasteiger partial charge in [-0.25, -0.2) is 0 Å². The fraction of sp³-hybridized carbons (Fsp3) is 0.889. The number of hydrogen-bond acceptors (Lipinski definition) is 2. The van der Waals surface area contributed by atoms with Crippen molar-refractivity contribution in [2.24, 2.45) is 17.1 Å². The van der Waals surface area contributed by atoms with Gasteiger partial charge in [-0.3, -0.25) is 0 Å². The molecule has 0 spiro atoms. The van der Waals surface area contributed by atoms with Crippen LogP contribution < -0.4 is 5.73 Å². The molecule has 1 unspecified atom stereocenters. The fourth-order valence-corrected chi connectivity index (χ4v) is 1.43. The normalized spacial score (nSPS) is 22.8. The maximum atomic E-state index is 8.81. The lowest BCUT2D eigenvalue weighted by Gasteiger charge is -2.17. The van der Waals surface area contributed by atoms with Crippen LogP contribution in [0.15, 0.2) is 0 Å². The van der Waals surface area contributed by atoms with Crippen molar-refractivity contribution in [2.75, 3.05) is 0 Å². The molecule has 1 fully saturated rings. The first-order chi connectivity index (χ1) is 5.10. The number of hydrogen-bond donors (Lipinski definition) is 1. The van der Waals surface area contributed by atoms with Crippen LogP contribution in [0.2, 0.25) is 0 Å². The Kier molecular flexibility index (Phi) is 2.20. The van der Waals surface area contributed by atoms with Gasteiger partial charge < -0.3 is 5.73 Å². The smallest absolute Gasteiger partial charge is 0.0725 e. The Labute approximate surface area is 68.4 Å². The monoisotopic (exact) mass is 152 g/mol. The molecule has 62 valence electrons. The van der Waals surface area contributed by atoms with E-state index in [1.807, 2.05) is 0 Å². The quantitative estimate of drug-likeness (QED) is 0.668. The zero-order valence-corrected chi connectivity index (χ0v) is 7.30. The van der Waals surface area contributed by atoms with Crippen LogP contribution in [-0.4, -0.2) is 6.04 Å². The molecule has 0 bridgehead atoms. The van der Waals surface area contributed by atoms with E-state index >= 15 is 0 Å². The van der Waals surface area contributed by atoms with Crippen molar-refractivity contribution in [1.29, 1.82) is 5.26 Å². The number of nitrogens with two attached hydrogens (primary N) is 1. The minimum absolute atomic E-state index is 0.104. The van der Waals surface area contributed by atoms with E-state index in [1.54, 1.807) is 0 Å². The third-order valence-corrected chi connectivity index (χ3v) is 2.45. The van der Waals surface area contributed by atoms with E-state index in [9.17, 15) is 0 Å². The largest absolute Gasteiger partial charge is 0.326 e. The minimum atomic E-state index is -0.135. The van der Waals surface area contributed by atoms with Crippen molar-refractivity contribution in [1.82, 2.24) is 0 Å². The van der Waals surface area contributed by atoms with Gasteiger partial charge in [0.05, 0.1) is 11.5 Å². The van der Waals surface area contributed by atoms with Gasteiger partial charge in [-0.15, -0.1) is 0 Å². The molecule has 0 aromatic heterocycles. The Balaban J connectivity index is 2.43. The molecule has 0 radical (unpaired) electrons. The second kappa shape index (κ2) is 2.83. The van der Waals surface area contributed by atoms with Gasteiger partial charge in [0, 0.05) is 6.04 Å². The zero-order chi connectivity index (χ0) is 8.48. The summed E-state index contributed by atoms with van der Waals surface area (Å²) >= 11 is 0. The highest BCUT2D eigenvalue weighted by molar-refractivity contribution is 5.15. The van der Waals surface area contributed by atoms with Gasteiger partial charge in [-0.1, -0.05) is 13.8 Å². The first kappa shape index (κ1) is 8.55. The Hall–Kier alpha value is -0.550. The van der Waals surface area contributed by atoms with Crippen molar-refractivity contribution < 1.29 is 0 Å². The standard InChI is InChI=1S/C9H16N2/c1-7(2)5-8(11)9(6-10)3-4-9/h7-8H,3-5,11H2,1-2H3. The SMILES string of the molecule is CC(C)CC(N)C1(C#N)CC1. The maximum absolute atomic E-state index is 8.81. The third-order valence-electron chi connectivity index (χ3n) is 2.45. The molecule has 0 aliphatic heterocycles. The van der Waals surface area contributed by atoms with Crippen LogP contribution >= 0.6 is 0 Å². The Morgan fingerprint density at radius 1 is 1.55 bits per heavy atom. The van der Waals surface area contributed by atoms with Crippen LogP contribution in [0.25, 0.3) is 0 Å². The highest BCUT2D eigenvalue weighted by atomic mass is 14.7. The summed E-state index contributed by atoms with van der Waals surface area (Å²) in [5, 5.41) is 8.81. The Bertz CT molecular complexity index is 174. The number of nitriles is 1. The fourth-order valence-electron chi connectivity index (χ4n) is 1.43. The first-order valence-corrected chi connectivity index (χ1v) is 4.27. The van der Waals surface area contributed by atoms with Gasteiger partial charge in [0.2, 0.25) is 0 Å². The number of rotatable bonds is 3. The Morgan fingerprint density at radius 2 is 2.09 bits per heavy atom. The lowest BCUT2D eigenvalue weighted by molar-refractivity contribution is 0.406. The summed E-state index contributed by atoms with van der Waals surface area (Å²) in [6.45, 7) is 4.29. The van der Waals surface area contributed by atoms with Crippen molar-refractivity contribution in [3.05, 3.63) is 0 Å². The molecule has 0 saturated heterocycles. The molecule has 0 amide bonds. The van der Waals surface area contributed by atoms with Crippen LogP contribution in [0, 0.1) is 22.7 Å². The molecule has 1 rings (SSSR count). The summed E-state index contributed by atoms with van der Waals surface area (Å²) in [4.78, 5) is 0. The summed E-state index contributed by atoms with van der Waals surface area (Å²) in [5.74, 6) is 0.607. The molecule has 2 heteroatoms. The van der Waals surface area contributed by atoms with Crippen LogP contribution in [0.5, 0.6) is 0 Å². The van der Waals surface area contributed by atoms with E-state index in [1.165, 1.54) is 0 Å². The highest BCUT2D eigenvalue weighted by Crippen LogP contribution is 2.48. The van der Waals surface area contributed by atoms with Gasteiger partial charge in [-0.2, -0.15) is 5.26 Å². The molecule has 1 aliphatic carbocycles. The van der Waals surface area contributed by atoms with E-state index < -0.39 is 0 Å². The second-order valence-corrected chi connectivity index (χ2v) is 4.00. The third kappa shape index (κ3) is 1.72. The van der Waals surface area contributed by atoms with Gasteiger partial charge in [0.1, 0.15) is 0 Å². The second-order valence-electron chi connectivity index (χ2n) is 4.00. The van der Waals surface area contributed by atoms with Gasteiger partial charge >= 0.3 is 0 Å². The predicted molar refractivity (Wildman–Crippen MR) is 44.7 cm³/mol. The average Bonchev–Trinajstić information content (AvgIpc) is 2.65. The molecule has 1 aliphatic rings.